The first-order valence-corrected chi connectivity index (χ1v) is 6.72. The number of nitrogens with zero attached hydrogens (tertiary/aromatic N) is 1. The number of benzene rings is 2. The zero-order valence-corrected chi connectivity index (χ0v) is 12.7. The van der Waals surface area contributed by atoms with Gasteiger partial charge in [0, 0.05) is 16.1 Å². The van der Waals surface area contributed by atoms with Crippen LogP contribution >= 0.6 is 11.6 Å². The van der Waals surface area contributed by atoms with E-state index < -0.39 is 23.2 Å². The van der Waals surface area contributed by atoms with E-state index in [0.29, 0.717) is 16.3 Å². The number of halogens is 1. The highest BCUT2D eigenvalue weighted by molar-refractivity contribution is 6.30. The van der Waals surface area contributed by atoms with Crippen molar-refractivity contribution in [2.24, 2.45) is 5.10 Å². The van der Waals surface area contributed by atoms with E-state index in [2.05, 4.69) is 10.5 Å². The number of hydrogen-bond donors (Lipinski definition) is 4. The molecule has 0 radical (unpaired) electrons. The molecule has 0 aromatic heterocycles. The molecule has 23 heavy (non-hydrogen) atoms. The summed E-state index contributed by atoms with van der Waals surface area (Å²) in [6.07, 6.45) is 1.34. The first kappa shape index (κ1) is 16.4. The molecule has 120 valence electrons. The molecule has 0 atom stereocenters. The van der Waals surface area contributed by atoms with E-state index in [4.69, 9.17) is 16.3 Å². The number of ether oxygens (including phenoxy) is 1. The standard InChI is InChI=1S/C15H13ClN2O5/c1-23-13-3-2-10(16)4-9(13)7-17-18-15(22)8-5-11(19)14(21)12(20)6-8/h2-7,19-21H,1H3,(H,18,22). The molecule has 2 aromatic rings. The fourth-order valence-corrected chi connectivity index (χ4v) is 1.95. The number of amides is 1. The smallest absolute Gasteiger partial charge is 0.271 e. The summed E-state index contributed by atoms with van der Waals surface area (Å²) in [7, 11) is 1.49. The minimum atomic E-state index is -0.700. The normalized spacial score (nSPS) is 10.7. The van der Waals surface area contributed by atoms with Crippen LogP contribution in [0, 0.1) is 0 Å². The third-order valence-corrected chi connectivity index (χ3v) is 3.13. The topological polar surface area (TPSA) is 111 Å². The van der Waals surface area contributed by atoms with Crippen LogP contribution in [0.1, 0.15) is 15.9 Å². The highest BCUT2D eigenvalue weighted by Crippen LogP contribution is 2.35. The van der Waals surface area contributed by atoms with Gasteiger partial charge in [-0.2, -0.15) is 5.10 Å². The summed E-state index contributed by atoms with van der Waals surface area (Å²) in [5, 5.41) is 32.2. The molecule has 0 aliphatic carbocycles. The highest BCUT2D eigenvalue weighted by Gasteiger charge is 2.13. The van der Waals surface area contributed by atoms with Crippen molar-refractivity contribution in [3.05, 3.63) is 46.5 Å². The number of hydrazone groups is 1. The largest absolute Gasteiger partial charge is 0.504 e. The Bertz CT molecular complexity index is 753. The van der Waals surface area contributed by atoms with Crippen molar-refractivity contribution in [3.63, 3.8) is 0 Å². The summed E-state index contributed by atoms with van der Waals surface area (Å²) in [6.45, 7) is 0. The first-order chi connectivity index (χ1) is 10.9. The van der Waals surface area contributed by atoms with Crippen LogP contribution in [0.5, 0.6) is 23.0 Å². The molecule has 1 amide bonds. The van der Waals surface area contributed by atoms with Gasteiger partial charge < -0.3 is 20.1 Å². The monoisotopic (exact) mass is 336 g/mol. The number of rotatable bonds is 4. The number of nitrogens with one attached hydrogen (secondary N) is 1. The summed E-state index contributed by atoms with van der Waals surface area (Å²) in [5.74, 6) is -2.10. The second-order valence-electron chi connectivity index (χ2n) is 4.45. The molecule has 0 heterocycles. The van der Waals surface area contributed by atoms with Gasteiger partial charge in [0.15, 0.2) is 17.2 Å². The van der Waals surface area contributed by atoms with Crippen LogP contribution in [0.15, 0.2) is 35.4 Å². The van der Waals surface area contributed by atoms with Gasteiger partial charge in [0.1, 0.15) is 5.75 Å². The fourth-order valence-electron chi connectivity index (χ4n) is 1.77. The van der Waals surface area contributed by atoms with E-state index in [1.807, 2.05) is 0 Å². The zero-order chi connectivity index (χ0) is 17.0. The Morgan fingerprint density at radius 3 is 2.48 bits per heavy atom. The minimum absolute atomic E-state index is 0.0759. The van der Waals surface area contributed by atoms with E-state index in [1.54, 1.807) is 18.2 Å². The molecule has 2 aromatic carbocycles. The molecule has 7 nitrogen and oxygen atoms in total. The summed E-state index contributed by atoms with van der Waals surface area (Å²) in [5.41, 5.74) is 2.70. The Balaban J connectivity index is 2.14. The van der Waals surface area contributed by atoms with Crippen molar-refractivity contribution in [2.75, 3.05) is 7.11 Å². The van der Waals surface area contributed by atoms with E-state index in [9.17, 15) is 20.1 Å². The van der Waals surface area contributed by atoms with Crippen LogP contribution in [-0.4, -0.2) is 34.6 Å². The predicted molar refractivity (Wildman–Crippen MR) is 84.5 cm³/mol. The maximum Gasteiger partial charge on any atom is 0.271 e. The predicted octanol–water partition coefficient (Wildman–Crippen LogP) is 2.23. The number of hydrogen-bond acceptors (Lipinski definition) is 6. The molecule has 0 unspecified atom stereocenters. The van der Waals surface area contributed by atoms with Crippen LogP contribution < -0.4 is 10.2 Å². The molecular weight excluding hydrogens is 324 g/mol. The van der Waals surface area contributed by atoms with Crippen LogP contribution in [0.2, 0.25) is 5.02 Å². The van der Waals surface area contributed by atoms with Crippen molar-refractivity contribution in [1.82, 2.24) is 5.43 Å². The van der Waals surface area contributed by atoms with Crippen LogP contribution in [0.3, 0.4) is 0 Å². The summed E-state index contributed by atoms with van der Waals surface area (Å²) in [4.78, 5) is 11.9. The zero-order valence-electron chi connectivity index (χ0n) is 11.9. The SMILES string of the molecule is COc1ccc(Cl)cc1C=NNC(=O)c1cc(O)c(O)c(O)c1. The summed E-state index contributed by atoms with van der Waals surface area (Å²) >= 11 is 5.88. The van der Waals surface area contributed by atoms with Gasteiger partial charge in [-0.3, -0.25) is 4.79 Å². The van der Waals surface area contributed by atoms with Crippen LogP contribution in [0.4, 0.5) is 0 Å². The Hall–Kier alpha value is -2.93. The van der Waals surface area contributed by atoms with Gasteiger partial charge in [0.25, 0.3) is 5.91 Å². The van der Waals surface area contributed by atoms with Crippen molar-refractivity contribution in [1.29, 1.82) is 0 Å². The van der Waals surface area contributed by atoms with Gasteiger partial charge in [0.05, 0.1) is 13.3 Å². The molecule has 4 N–H and O–H groups in total. The minimum Gasteiger partial charge on any atom is -0.504 e. The van der Waals surface area contributed by atoms with Crippen LogP contribution in [0.25, 0.3) is 0 Å². The Morgan fingerprint density at radius 2 is 1.87 bits per heavy atom. The lowest BCUT2D eigenvalue weighted by atomic mass is 10.2. The average molecular weight is 337 g/mol. The van der Waals surface area contributed by atoms with Crippen LogP contribution in [-0.2, 0) is 0 Å². The second kappa shape index (κ2) is 6.89. The van der Waals surface area contributed by atoms with Gasteiger partial charge in [-0.25, -0.2) is 5.43 Å². The molecule has 0 saturated carbocycles. The number of phenols is 3. The maximum atomic E-state index is 11.9. The molecule has 0 bridgehead atoms. The van der Waals surface area contributed by atoms with Crippen molar-refractivity contribution in [2.45, 2.75) is 0 Å². The van der Waals surface area contributed by atoms with Crippen molar-refractivity contribution >= 4 is 23.7 Å². The van der Waals surface area contributed by atoms with Gasteiger partial charge >= 0.3 is 0 Å². The van der Waals surface area contributed by atoms with Gasteiger partial charge in [-0.15, -0.1) is 0 Å². The van der Waals surface area contributed by atoms with E-state index >= 15 is 0 Å². The first-order valence-electron chi connectivity index (χ1n) is 6.34. The fraction of sp³-hybridized carbons (Fsp3) is 0.0667. The third kappa shape index (κ3) is 3.83. The summed E-state index contributed by atoms with van der Waals surface area (Å²) < 4.78 is 5.13. The molecule has 0 aliphatic heterocycles. The summed E-state index contributed by atoms with van der Waals surface area (Å²) in [6, 6.07) is 6.91. The Kier molecular flexibility index (Phi) is 4.92. The third-order valence-electron chi connectivity index (χ3n) is 2.89. The molecule has 2 rings (SSSR count). The maximum absolute atomic E-state index is 11.9. The van der Waals surface area contributed by atoms with E-state index in [-0.39, 0.29) is 5.56 Å². The van der Waals surface area contributed by atoms with Gasteiger partial charge in [-0.05, 0) is 30.3 Å². The van der Waals surface area contributed by atoms with Gasteiger partial charge in [-0.1, -0.05) is 11.6 Å². The molecule has 0 aliphatic rings. The molecule has 8 heteroatoms. The Labute approximate surface area is 136 Å². The number of phenolic OH excluding ortho intramolecular Hbond substituents is 3. The van der Waals surface area contributed by atoms with Gasteiger partial charge in [0.2, 0.25) is 0 Å². The molecule has 0 spiro atoms. The number of carbonyl (C=O) groups is 1. The highest BCUT2D eigenvalue weighted by atomic mass is 35.5. The molecule has 0 fully saturated rings. The van der Waals surface area contributed by atoms with E-state index in [0.717, 1.165) is 12.1 Å². The Morgan fingerprint density at radius 1 is 1.22 bits per heavy atom. The van der Waals surface area contributed by atoms with E-state index in [1.165, 1.54) is 13.3 Å². The number of carbonyl (C=O) groups excluding carboxylic acids is 1. The quantitative estimate of drug-likeness (QED) is 0.388. The number of methoxy groups -OCH3 is 1. The molecule has 0 saturated heterocycles. The second-order valence-corrected chi connectivity index (χ2v) is 4.88. The average Bonchev–Trinajstić information content (AvgIpc) is 2.52. The molecular formula is C15H13ClN2O5. The lowest BCUT2D eigenvalue weighted by molar-refractivity contribution is 0.0954. The lowest BCUT2D eigenvalue weighted by Gasteiger charge is -2.06. The lowest BCUT2D eigenvalue weighted by Crippen LogP contribution is -2.17. The van der Waals surface area contributed by atoms with Crippen molar-refractivity contribution < 1.29 is 24.9 Å². The number of aromatic hydroxyl groups is 3. The van der Waals surface area contributed by atoms with Crippen molar-refractivity contribution in [3.8, 4) is 23.0 Å².